The summed E-state index contributed by atoms with van der Waals surface area (Å²) in [6.45, 7) is -2.19. The van der Waals surface area contributed by atoms with Crippen LogP contribution in [0.1, 0.15) is 12.0 Å². The van der Waals surface area contributed by atoms with Gasteiger partial charge in [-0.25, -0.2) is 0 Å². The molecule has 0 saturated heterocycles. The van der Waals surface area contributed by atoms with Gasteiger partial charge >= 0.3 is 6.61 Å². The first kappa shape index (κ1) is 13.4. The number of amides is 1. The summed E-state index contributed by atoms with van der Waals surface area (Å²) in [7, 11) is 0. The predicted molar refractivity (Wildman–Crippen MR) is 58.6 cm³/mol. The van der Waals surface area contributed by atoms with E-state index in [2.05, 4.69) is 10.1 Å². The standard InChI is InChI=1S/C11H14F2N2O2/c12-11(13)17-9-3-1-8(2-4-9)7-15-10(16)5-6-14/h1-4,11H,5-7,14H2,(H,15,16). The van der Waals surface area contributed by atoms with Crippen LogP contribution in [0.3, 0.4) is 0 Å². The van der Waals surface area contributed by atoms with Crippen LogP contribution < -0.4 is 15.8 Å². The van der Waals surface area contributed by atoms with Gasteiger partial charge in [0.15, 0.2) is 0 Å². The minimum Gasteiger partial charge on any atom is -0.435 e. The monoisotopic (exact) mass is 244 g/mol. The van der Waals surface area contributed by atoms with Crippen LogP contribution in [0.25, 0.3) is 0 Å². The van der Waals surface area contributed by atoms with Gasteiger partial charge < -0.3 is 15.8 Å². The van der Waals surface area contributed by atoms with Gasteiger partial charge in [0.1, 0.15) is 5.75 Å². The fourth-order valence-electron chi connectivity index (χ4n) is 1.21. The molecule has 0 unspecified atom stereocenters. The van der Waals surface area contributed by atoms with Gasteiger partial charge in [0.25, 0.3) is 0 Å². The maximum atomic E-state index is 11.9. The molecule has 1 amide bonds. The second kappa shape index (κ2) is 6.80. The zero-order valence-electron chi connectivity index (χ0n) is 9.16. The Bertz CT molecular complexity index is 355. The van der Waals surface area contributed by atoms with E-state index in [9.17, 15) is 13.6 Å². The Labute approximate surface area is 97.8 Å². The van der Waals surface area contributed by atoms with Crippen molar-refractivity contribution in [1.82, 2.24) is 5.32 Å². The van der Waals surface area contributed by atoms with Crippen LogP contribution in [0.15, 0.2) is 24.3 Å². The van der Waals surface area contributed by atoms with Crippen molar-refractivity contribution in [3.05, 3.63) is 29.8 Å². The Hall–Kier alpha value is -1.69. The third-order valence-corrected chi connectivity index (χ3v) is 2.01. The number of nitrogens with two attached hydrogens (primary N) is 1. The molecule has 0 aliphatic heterocycles. The third-order valence-electron chi connectivity index (χ3n) is 2.01. The van der Waals surface area contributed by atoms with Crippen LogP contribution in [-0.4, -0.2) is 19.1 Å². The number of alkyl halides is 2. The average molecular weight is 244 g/mol. The van der Waals surface area contributed by atoms with Crippen molar-refractivity contribution >= 4 is 5.91 Å². The minimum absolute atomic E-state index is 0.0945. The molecular formula is C11H14F2N2O2. The molecule has 0 aliphatic rings. The lowest BCUT2D eigenvalue weighted by molar-refractivity contribution is -0.121. The van der Waals surface area contributed by atoms with Crippen molar-refractivity contribution in [3.63, 3.8) is 0 Å². The molecule has 94 valence electrons. The molecule has 0 spiro atoms. The van der Waals surface area contributed by atoms with Gasteiger partial charge in [-0.1, -0.05) is 12.1 Å². The van der Waals surface area contributed by atoms with E-state index in [1.165, 1.54) is 12.1 Å². The second-order valence-corrected chi connectivity index (χ2v) is 3.34. The molecule has 0 bridgehead atoms. The van der Waals surface area contributed by atoms with Crippen molar-refractivity contribution in [2.45, 2.75) is 19.6 Å². The van der Waals surface area contributed by atoms with Crippen LogP contribution in [0, 0.1) is 0 Å². The van der Waals surface area contributed by atoms with Crippen LogP contribution in [0.5, 0.6) is 5.75 Å². The first-order valence-corrected chi connectivity index (χ1v) is 5.12. The smallest absolute Gasteiger partial charge is 0.387 e. The van der Waals surface area contributed by atoms with E-state index in [-0.39, 0.29) is 18.1 Å². The average Bonchev–Trinajstić information content (AvgIpc) is 2.28. The number of hydrogen-bond acceptors (Lipinski definition) is 3. The molecule has 0 saturated carbocycles. The summed E-state index contributed by atoms with van der Waals surface area (Å²) in [5.74, 6) is -0.0440. The van der Waals surface area contributed by atoms with Gasteiger partial charge in [0, 0.05) is 19.5 Å². The molecule has 0 fully saturated rings. The molecule has 6 heteroatoms. The lowest BCUT2D eigenvalue weighted by atomic mass is 10.2. The van der Waals surface area contributed by atoms with E-state index in [0.717, 1.165) is 5.56 Å². The Balaban J connectivity index is 2.42. The third kappa shape index (κ3) is 5.26. The van der Waals surface area contributed by atoms with Gasteiger partial charge in [-0.3, -0.25) is 4.79 Å². The Morgan fingerprint density at radius 1 is 1.35 bits per heavy atom. The van der Waals surface area contributed by atoms with Gasteiger partial charge in [-0.2, -0.15) is 8.78 Å². The van der Waals surface area contributed by atoms with Crippen molar-refractivity contribution in [2.75, 3.05) is 6.54 Å². The number of ether oxygens (including phenoxy) is 1. The molecule has 17 heavy (non-hydrogen) atoms. The summed E-state index contributed by atoms with van der Waals surface area (Å²) >= 11 is 0. The molecule has 0 radical (unpaired) electrons. The summed E-state index contributed by atoms with van der Waals surface area (Å²) in [4.78, 5) is 11.1. The summed E-state index contributed by atoms with van der Waals surface area (Å²) in [6.07, 6.45) is 0.270. The van der Waals surface area contributed by atoms with Gasteiger partial charge in [0.2, 0.25) is 5.91 Å². The van der Waals surface area contributed by atoms with Gasteiger partial charge in [-0.05, 0) is 17.7 Å². The molecule has 0 heterocycles. The van der Waals surface area contributed by atoms with E-state index >= 15 is 0 Å². The van der Waals surface area contributed by atoms with Gasteiger partial charge in [-0.15, -0.1) is 0 Å². The maximum Gasteiger partial charge on any atom is 0.387 e. The molecule has 0 aliphatic carbocycles. The highest BCUT2D eigenvalue weighted by atomic mass is 19.3. The fourth-order valence-corrected chi connectivity index (χ4v) is 1.21. The van der Waals surface area contributed by atoms with Crippen molar-refractivity contribution in [1.29, 1.82) is 0 Å². The van der Waals surface area contributed by atoms with E-state index in [4.69, 9.17) is 5.73 Å². The van der Waals surface area contributed by atoms with Crippen LogP contribution >= 0.6 is 0 Å². The topological polar surface area (TPSA) is 64.4 Å². The molecule has 0 aromatic heterocycles. The number of halogens is 2. The number of nitrogens with one attached hydrogen (secondary N) is 1. The number of benzene rings is 1. The predicted octanol–water partition coefficient (Wildman–Crippen LogP) is 1.25. The molecule has 0 atom stereocenters. The zero-order chi connectivity index (χ0) is 12.7. The molecule has 1 rings (SSSR count). The highest BCUT2D eigenvalue weighted by Crippen LogP contribution is 2.14. The second-order valence-electron chi connectivity index (χ2n) is 3.34. The molecule has 1 aromatic carbocycles. The van der Waals surface area contributed by atoms with E-state index in [1.54, 1.807) is 12.1 Å². The van der Waals surface area contributed by atoms with Crippen LogP contribution in [-0.2, 0) is 11.3 Å². The number of rotatable bonds is 6. The fraction of sp³-hybridized carbons (Fsp3) is 0.364. The number of carbonyl (C=O) groups is 1. The highest BCUT2D eigenvalue weighted by Gasteiger charge is 2.04. The Morgan fingerprint density at radius 3 is 2.53 bits per heavy atom. The number of carbonyl (C=O) groups excluding carboxylic acids is 1. The minimum atomic E-state index is -2.83. The molecular weight excluding hydrogens is 230 g/mol. The quantitative estimate of drug-likeness (QED) is 0.791. The molecule has 4 nitrogen and oxygen atoms in total. The lowest BCUT2D eigenvalue weighted by Gasteiger charge is -2.07. The normalized spacial score (nSPS) is 10.4. The molecule has 1 aromatic rings. The molecule has 3 N–H and O–H groups in total. The Kier molecular flexibility index (Phi) is 5.35. The first-order chi connectivity index (χ1) is 8.11. The SMILES string of the molecule is NCCC(=O)NCc1ccc(OC(F)F)cc1. The summed E-state index contributed by atoms with van der Waals surface area (Å²) < 4.78 is 27.9. The van der Waals surface area contributed by atoms with E-state index in [0.29, 0.717) is 13.1 Å². The highest BCUT2D eigenvalue weighted by molar-refractivity contribution is 5.76. The van der Waals surface area contributed by atoms with Crippen molar-refractivity contribution < 1.29 is 18.3 Å². The largest absolute Gasteiger partial charge is 0.435 e. The first-order valence-electron chi connectivity index (χ1n) is 5.12. The van der Waals surface area contributed by atoms with Crippen molar-refractivity contribution in [2.24, 2.45) is 5.73 Å². The van der Waals surface area contributed by atoms with Crippen LogP contribution in [0.2, 0.25) is 0 Å². The number of hydrogen-bond donors (Lipinski definition) is 2. The Morgan fingerprint density at radius 2 is 2.00 bits per heavy atom. The summed E-state index contributed by atoms with van der Waals surface area (Å²) in [5, 5.41) is 2.65. The van der Waals surface area contributed by atoms with Crippen molar-refractivity contribution in [3.8, 4) is 5.75 Å². The van der Waals surface area contributed by atoms with E-state index in [1.807, 2.05) is 0 Å². The maximum absolute atomic E-state index is 11.9. The summed E-state index contributed by atoms with van der Waals surface area (Å²) in [6, 6.07) is 6.08. The van der Waals surface area contributed by atoms with E-state index < -0.39 is 6.61 Å². The summed E-state index contributed by atoms with van der Waals surface area (Å²) in [5.41, 5.74) is 6.02. The van der Waals surface area contributed by atoms with Gasteiger partial charge in [0.05, 0.1) is 0 Å². The van der Waals surface area contributed by atoms with Crippen LogP contribution in [0.4, 0.5) is 8.78 Å². The zero-order valence-corrected chi connectivity index (χ0v) is 9.16. The lowest BCUT2D eigenvalue weighted by Crippen LogP contribution is -2.24.